The largest absolute Gasteiger partial charge is 0.491 e. The molecule has 1 aliphatic heterocycles. The lowest BCUT2D eigenvalue weighted by Gasteiger charge is -2.63. The van der Waals surface area contributed by atoms with Crippen molar-refractivity contribution in [3.63, 3.8) is 0 Å². The van der Waals surface area contributed by atoms with Crippen molar-refractivity contribution in [2.75, 3.05) is 26.4 Å². The number of carbonyl (C=O) groups is 2. The SMILES string of the molecule is CC(C)(C)[Si](C)(C)OCCOc1ccc(CN2CC3C[C@H]4[C@@H]5C[C@H](F)C6=CC(=O)C=C[C@]6(C)[C@@]5(F)[C@@H](O)C[C@]4(C)[C@]3(C(=O)CO[Si](C)(C)C(C)(C)C)O2)cc1. The van der Waals surface area contributed by atoms with E-state index in [4.69, 9.17) is 18.4 Å². The molecular weight excluding hydrogens is 737 g/mol. The number of allylic oxidation sites excluding steroid dienone is 4. The fourth-order valence-corrected chi connectivity index (χ4v) is 12.0. The highest BCUT2D eigenvalue weighted by molar-refractivity contribution is 6.74. The number of hydroxylamine groups is 2. The van der Waals surface area contributed by atoms with Crippen LogP contribution in [0.15, 0.2) is 48.1 Å². The number of rotatable bonds is 11. The number of Topliss-reactive ketones (excluding diaryl/α,β-unsaturated/α-hetero) is 1. The van der Waals surface area contributed by atoms with Crippen LogP contribution in [0.4, 0.5) is 8.78 Å². The Bertz CT molecular complexity index is 1720. The van der Waals surface area contributed by atoms with E-state index in [0.717, 1.165) is 11.3 Å². The van der Waals surface area contributed by atoms with Crippen LogP contribution in [0, 0.1) is 28.6 Å². The highest BCUT2D eigenvalue weighted by Gasteiger charge is 2.79. The highest BCUT2D eigenvalue weighted by atomic mass is 28.4. The number of aliphatic hydroxyl groups excluding tert-OH is 1. The normalized spacial score (nSPS) is 36.5. The second kappa shape index (κ2) is 14.0. The van der Waals surface area contributed by atoms with E-state index in [1.807, 2.05) is 36.3 Å². The lowest BCUT2D eigenvalue weighted by molar-refractivity contribution is -0.269. The fourth-order valence-electron chi connectivity index (χ4n) is 10.1. The number of ether oxygens (including phenoxy) is 1. The van der Waals surface area contributed by atoms with Crippen molar-refractivity contribution in [1.82, 2.24) is 5.06 Å². The lowest BCUT2D eigenvalue weighted by atomic mass is 9.44. The Balaban J connectivity index is 1.25. The van der Waals surface area contributed by atoms with Crippen LogP contribution in [0.3, 0.4) is 0 Å². The first-order valence-electron chi connectivity index (χ1n) is 20.2. The van der Waals surface area contributed by atoms with Gasteiger partial charge in [-0.05, 0) is 104 Å². The minimum atomic E-state index is -2.35. The monoisotopic (exact) mass is 801 g/mol. The van der Waals surface area contributed by atoms with Crippen LogP contribution in [0.2, 0.25) is 36.3 Å². The first kappa shape index (κ1) is 42.5. The third kappa shape index (κ3) is 6.81. The number of alkyl halides is 2. The quantitative estimate of drug-likeness (QED) is 0.176. The summed E-state index contributed by atoms with van der Waals surface area (Å²) in [5.74, 6) is -1.53. The van der Waals surface area contributed by atoms with Gasteiger partial charge < -0.3 is 18.7 Å². The maximum Gasteiger partial charge on any atom is 0.192 e. The average molecular weight is 802 g/mol. The molecule has 0 spiro atoms. The van der Waals surface area contributed by atoms with Crippen molar-refractivity contribution >= 4 is 28.2 Å². The van der Waals surface area contributed by atoms with Gasteiger partial charge >= 0.3 is 0 Å². The number of nitrogens with zero attached hydrogens (tertiary/aromatic N) is 1. The molecule has 5 aliphatic rings. The Morgan fingerprint density at radius 1 is 0.964 bits per heavy atom. The molecule has 1 unspecified atom stereocenters. The van der Waals surface area contributed by atoms with E-state index >= 15 is 8.78 Å². The molecule has 1 heterocycles. The number of carbonyl (C=O) groups excluding carboxylic acids is 2. The maximum absolute atomic E-state index is 18.0. The molecule has 6 rings (SSSR count). The Morgan fingerprint density at radius 3 is 2.20 bits per heavy atom. The summed E-state index contributed by atoms with van der Waals surface area (Å²) in [6.07, 6.45) is 1.09. The topological polar surface area (TPSA) is 94.5 Å². The van der Waals surface area contributed by atoms with Crippen LogP contribution >= 0.6 is 0 Å². The van der Waals surface area contributed by atoms with E-state index < -0.39 is 62.8 Å². The summed E-state index contributed by atoms with van der Waals surface area (Å²) in [5.41, 5.74) is -5.09. The Morgan fingerprint density at radius 2 is 1.58 bits per heavy atom. The summed E-state index contributed by atoms with van der Waals surface area (Å²) in [6.45, 7) is 26.8. The molecule has 306 valence electrons. The predicted octanol–water partition coefficient (Wildman–Crippen LogP) is 8.71. The number of hydrogen-bond donors (Lipinski definition) is 1. The van der Waals surface area contributed by atoms with Crippen molar-refractivity contribution in [3.05, 3.63) is 53.6 Å². The predicted molar refractivity (Wildman–Crippen MR) is 215 cm³/mol. The first-order valence-corrected chi connectivity index (χ1v) is 26.0. The summed E-state index contributed by atoms with van der Waals surface area (Å²) >= 11 is 0. The third-order valence-corrected chi connectivity index (χ3v) is 24.4. The molecule has 12 heteroatoms. The van der Waals surface area contributed by atoms with Crippen molar-refractivity contribution in [2.45, 2.75) is 141 Å². The van der Waals surface area contributed by atoms with Gasteiger partial charge in [-0.25, -0.2) is 8.78 Å². The second-order valence-electron chi connectivity index (χ2n) is 20.5. The standard InChI is InChI=1S/C43H65F2NO7Si2/c1-38(2,3)54(9,10)51-20-19-50-31-15-13-28(14-16-31)25-46-26-29-21-32-33-23-35(44)34-22-30(47)17-18-40(34,7)42(33,45)36(48)24-41(32,8)43(29,53-46)37(49)27-52-55(11,12)39(4,5)6/h13-18,22,29,32-33,35-36,48H,19-21,23-27H2,1-12H3/t29?,32-,33-,35-,36-,40-,41-,42-,43-/m0/s1. The van der Waals surface area contributed by atoms with Crippen LogP contribution in [0.25, 0.3) is 0 Å². The molecule has 9 atom stereocenters. The molecule has 1 aromatic carbocycles. The zero-order valence-corrected chi connectivity index (χ0v) is 37.2. The van der Waals surface area contributed by atoms with Crippen LogP contribution < -0.4 is 4.74 Å². The molecule has 0 aromatic heterocycles. The fraction of sp³-hybridized carbons (Fsp3) is 0.721. The molecule has 0 bridgehead atoms. The van der Waals surface area contributed by atoms with Gasteiger partial charge in [0.25, 0.3) is 0 Å². The number of aliphatic hydroxyl groups is 1. The van der Waals surface area contributed by atoms with Gasteiger partial charge in [0.15, 0.2) is 39.5 Å². The minimum absolute atomic E-state index is 0.0480. The van der Waals surface area contributed by atoms with Gasteiger partial charge in [-0.2, -0.15) is 5.06 Å². The van der Waals surface area contributed by atoms with Gasteiger partial charge in [0.1, 0.15) is 18.5 Å². The molecule has 0 radical (unpaired) electrons. The van der Waals surface area contributed by atoms with Crippen molar-refractivity contribution in [2.24, 2.45) is 28.6 Å². The van der Waals surface area contributed by atoms with Crippen LogP contribution in [0.5, 0.6) is 5.75 Å². The van der Waals surface area contributed by atoms with E-state index in [9.17, 15) is 14.7 Å². The molecule has 0 amide bonds. The smallest absolute Gasteiger partial charge is 0.192 e. The Hall–Kier alpha value is -2.07. The number of hydrogen-bond acceptors (Lipinski definition) is 8. The number of benzene rings is 1. The summed E-state index contributed by atoms with van der Waals surface area (Å²) in [6, 6.07) is 7.82. The molecule has 3 saturated carbocycles. The van der Waals surface area contributed by atoms with Gasteiger partial charge in [-0.1, -0.05) is 66.7 Å². The van der Waals surface area contributed by atoms with Crippen molar-refractivity contribution < 1.29 is 41.9 Å². The number of ketones is 2. The van der Waals surface area contributed by atoms with Gasteiger partial charge in [-0.15, -0.1) is 0 Å². The van der Waals surface area contributed by atoms with Crippen LogP contribution in [-0.4, -0.2) is 88.3 Å². The van der Waals surface area contributed by atoms with Gasteiger partial charge in [-0.3, -0.25) is 14.4 Å². The van der Waals surface area contributed by atoms with Crippen LogP contribution in [0.1, 0.15) is 80.2 Å². The minimum Gasteiger partial charge on any atom is -0.491 e. The van der Waals surface area contributed by atoms with E-state index in [0.29, 0.717) is 32.7 Å². The zero-order valence-electron chi connectivity index (χ0n) is 35.2. The molecule has 4 aliphatic carbocycles. The summed E-state index contributed by atoms with van der Waals surface area (Å²) in [7, 11) is -4.22. The Labute approximate surface area is 329 Å². The molecule has 8 nitrogen and oxygen atoms in total. The lowest BCUT2D eigenvalue weighted by Crippen LogP contribution is -2.70. The maximum atomic E-state index is 18.0. The van der Waals surface area contributed by atoms with Crippen LogP contribution in [-0.2, 0) is 29.8 Å². The van der Waals surface area contributed by atoms with Gasteiger partial charge in [0.05, 0.1) is 19.3 Å². The summed E-state index contributed by atoms with van der Waals surface area (Å²) in [4.78, 5) is 34.2. The molecule has 1 N–H and O–H groups in total. The first-order chi connectivity index (χ1) is 25.2. The average Bonchev–Trinajstić information content (AvgIpc) is 3.55. The molecular formula is C43H65F2NO7Si2. The Kier molecular flexibility index (Phi) is 10.9. The van der Waals surface area contributed by atoms with Gasteiger partial charge in [0.2, 0.25) is 0 Å². The van der Waals surface area contributed by atoms with Crippen molar-refractivity contribution in [3.8, 4) is 5.75 Å². The van der Waals surface area contributed by atoms with E-state index in [2.05, 4.69) is 67.7 Å². The summed E-state index contributed by atoms with van der Waals surface area (Å²) < 4.78 is 52.9. The molecule has 1 aromatic rings. The second-order valence-corrected chi connectivity index (χ2v) is 30.1. The van der Waals surface area contributed by atoms with E-state index in [1.165, 1.54) is 18.2 Å². The third-order valence-electron chi connectivity index (χ3n) is 15.4. The molecule has 55 heavy (non-hydrogen) atoms. The van der Waals surface area contributed by atoms with E-state index in [1.54, 1.807) is 6.92 Å². The van der Waals surface area contributed by atoms with Gasteiger partial charge in [0, 0.05) is 35.8 Å². The molecule has 4 fully saturated rings. The number of fused-ring (bicyclic) bond motifs is 7. The van der Waals surface area contributed by atoms with Crippen molar-refractivity contribution in [1.29, 1.82) is 0 Å². The highest BCUT2D eigenvalue weighted by Crippen LogP contribution is 2.72. The zero-order chi connectivity index (χ0) is 40.8. The number of halogens is 2. The summed E-state index contributed by atoms with van der Waals surface area (Å²) in [5, 5.41) is 13.9. The van der Waals surface area contributed by atoms with E-state index in [-0.39, 0.29) is 52.6 Å². The molecule has 1 saturated heterocycles.